The summed E-state index contributed by atoms with van der Waals surface area (Å²) in [6, 6.07) is 73.0. The maximum atomic E-state index is 5.26. The maximum absolute atomic E-state index is 5.26. The van der Waals surface area contributed by atoms with E-state index >= 15 is 0 Å². The van der Waals surface area contributed by atoms with Gasteiger partial charge < -0.3 is 4.90 Å². The molecule has 0 aliphatic heterocycles. The van der Waals surface area contributed by atoms with Crippen LogP contribution in [-0.2, 0) is 0 Å². The highest BCUT2D eigenvalue weighted by molar-refractivity contribution is 6.20. The van der Waals surface area contributed by atoms with E-state index in [1.54, 1.807) is 0 Å². The van der Waals surface area contributed by atoms with Crippen LogP contribution in [0.25, 0.3) is 77.8 Å². The van der Waals surface area contributed by atoms with Crippen LogP contribution in [-0.4, -0.2) is 19.1 Å². The van der Waals surface area contributed by atoms with Crippen LogP contribution in [0, 0.1) is 6.92 Å². The zero-order valence-electron chi connectivity index (χ0n) is 31.9. The van der Waals surface area contributed by atoms with Gasteiger partial charge in [0.15, 0.2) is 0 Å². The van der Waals surface area contributed by atoms with E-state index in [0.717, 1.165) is 94.8 Å². The van der Waals surface area contributed by atoms with Crippen LogP contribution in [0.5, 0.6) is 0 Å². The standard InChI is InChI=1S/C53H37N5/c1-36-32-34-39(35-33-36)56(46-26-14-28-48-52(46)40-20-8-10-24-44(40)57(48)50-30-12-22-42(54-50)37-16-4-2-5-17-37)47-27-15-29-49-53(47)41-21-9-11-25-45(41)58(49)51-31-13-23-43(55-51)38-18-6-3-7-19-38/h2-35H,1H3. The molecule has 0 radical (unpaired) electrons. The van der Waals surface area contributed by atoms with Gasteiger partial charge in [-0.25, -0.2) is 9.97 Å². The van der Waals surface area contributed by atoms with Crippen LogP contribution >= 0.6 is 0 Å². The molecule has 0 saturated carbocycles. The molecule has 274 valence electrons. The molecular formula is C53H37N5. The second-order valence-electron chi connectivity index (χ2n) is 14.7. The molecule has 0 N–H and O–H groups in total. The second-order valence-corrected chi connectivity index (χ2v) is 14.7. The Morgan fingerprint density at radius 3 is 1.26 bits per heavy atom. The van der Waals surface area contributed by atoms with Gasteiger partial charge in [0.1, 0.15) is 11.6 Å². The molecule has 5 heteroatoms. The zero-order valence-corrected chi connectivity index (χ0v) is 31.9. The smallest absolute Gasteiger partial charge is 0.138 e. The Morgan fingerprint density at radius 1 is 0.362 bits per heavy atom. The van der Waals surface area contributed by atoms with E-state index in [2.05, 4.69) is 215 Å². The first-order valence-corrected chi connectivity index (χ1v) is 19.7. The predicted octanol–water partition coefficient (Wildman–Crippen LogP) is 13.8. The summed E-state index contributed by atoms with van der Waals surface area (Å²) in [6.45, 7) is 2.14. The molecule has 4 heterocycles. The third kappa shape index (κ3) is 5.47. The lowest BCUT2D eigenvalue weighted by atomic mass is 10.0. The number of hydrogen-bond donors (Lipinski definition) is 0. The molecule has 0 atom stereocenters. The molecule has 0 spiro atoms. The van der Waals surface area contributed by atoms with Gasteiger partial charge in [0.2, 0.25) is 0 Å². The highest BCUT2D eigenvalue weighted by Gasteiger charge is 2.25. The molecule has 58 heavy (non-hydrogen) atoms. The van der Waals surface area contributed by atoms with Crippen molar-refractivity contribution in [2.75, 3.05) is 4.90 Å². The highest BCUT2D eigenvalue weighted by atomic mass is 15.2. The first kappa shape index (κ1) is 33.6. The molecule has 7 aromatic carbocycles. The molecule has 0 unspecified atom stereocenters. The van der Waals surface area contributed by atoms with E-state index in [9.17, 15) is 0 Å². The molecule has 0 saturated heterocycles. The number of pyridine rings is 2. The van der Waals surface area contributed by atoms with Crippen molar-refractivity contribution in [3.8, 4) is 34.2 Å². The fraction of sp³-hybridized carbons (Fsp3) is 0.0189. The predicted molar refractivity (Wildman–Crippen MR) is 241 cm³/mol. The summed E-state index contributed by atoms with van der Waals surface area (Å²) >= 11 is 0. The molecule has 5 nitrogen and oxygen atoms in total. The fourth-order valence-electron chi connectivity index (χ4n) is 8.60. The quantitative estimate of drug-likeness (QED) is 0.163. The highest BCUT2D eigenvalue weighted by Crippen LogP contribution is 2.47. The van der Waals surface area contributed by atoms with Crippen LogP contribution in [0.1, 0.15) is 5.56 Å². The fourth-order valence-corrected chi connectivity index (χ4v) is 8.60. The minimum absolute atomic E-state index is 0.877. The van der Waals surface area contributed by atoms with Gasteiger partial charge in [-0.2, -0.15) is 0 Å². The van der Waals surface area contributed by atoms with Crippen LogP contribution < -0.4 is 4.90 Å². The Hall–Kier alpha value is -7.76. The zero-order chi connectivity index (χ0) is 38.6. The molecule has 0 amide bonds. The SMILES string of the molecule is Cc1ccc(N(c2cccc3c2c2ccccc2n3-c2cccc(-c3ccccc3)n2)c2cccc3c2c2ccccc2n3-c2cccc(-c3ccccc3)n2)cc1. The van der Waals surface area contributed by atoms with Gasteiger partial charge in [0, 0.05) is 38.4 Å². The maximum Gasteiger partial charge on any atom is 0.138 e. The van der Waals surface area contributed by atoms with Crippen molar-refractivity contribution in [2.24, 2.45) is 0 Å². The topological polar surface area (TPSA) is 38.9 Å². The van der Waals surface area contributed by atoms with Crippen LogP contribution in [0.4, 0.5) is 17.1 Å². The normalized spacial score (nSPS) is 11.5. The van der Waals surface area contributed by atoms with Crippen molar-refractivity contribution in [1.29, 1.82) is 0 Å². The average Bonchev–Trinajstić information content (AvgIpc) is 3.82. The van der Waals surface area contributed by atoms with Crippen molar-refractivity contribution < 1.29 is 0 Å². The molecular weight excluding hydrogens is 707 g/mol. The van der Waals surface area contributed by atoms with E-state index < -0.39 is 0 Å². The van der Waals surface area contributed by atoms with Gasteiger partial charge in [-0.1, -0.05) is 139 Å². The summed E-state index contributed by atoms with van der Waals surface area (Å²) < 4.78 is 4.62. The summed E-state index contributed by atoms with van der Waals surface area (Å²) in [7, 11) is 0. The number of rotatable bonds is 7. The monoisotopic (exact) mass is 743 g/mol. The average molecular weight is 744 g/mol. The molecule has 0 aliphatic rings. The number of para-hydroxylation sites is 2. The third-order valence-electron chi connectivity index (χ3n) is 11.2. The summed E-state index contributed by atoms with van der Waals surface area (Å²) in [6.07, 6.45) is 0. The van der Waals surface area contributed by atoms with Crippen molar-refractivity contribution in [3.63, 3.8) is 0 Å². The lowest BCUT2D eigenvalue weighted by Gasteiger charge is -2.27. The van der Waals surface area contributed by atoms with Crippen molar-refractivity contribution in [3.05, 3.63) is 212 Å². The molecule has 0 bridgehead atoms. The van der Waals surface area contributed by atoms with Crippen LogP contribution in [0.15, 0.2) is 206 Å². The van der Waals surface area contributed by atoms with Crippen LogP contribution in [0.3, 0.4) is 0 Å². The summed E-state index contributed by atoms with van der Waals surface area (Å²) in [5, 5.41) is 4.63. The van der Waals surface area contributed by atoms with E-state index in [1.165, 1.54) is 5.56 Å². The number of benzene rings is 7. The second kappa shape index (κ2) is 13.8. The molecule has 0 aliphatic carbocycles. The van der Waals surface area contributed by atoms with Gasteiger partial charge in [-0.15, -0.1) is 0 Å². The Morgan fingerprint density at radius 2 is 0.776 bits per heavy atom. The van der Waals surface area contributed by atoms with Gasteiger partial charge in [0.25, 0.3) is 0 Å². The summed E-state index contributed by atoms with van der Waals surface area (Å²) in [4.78, 5) is 13.0. The number of aromatic nitrogens is 4. The largest absolute Gasteiger partial charge is 0.309 e. The number of nitrogens with zero attached hydrogens (tertiary/aromatic N) is 5. The lowest BCUT2D eigenvalue weighted by molar-refractivity contribution is 1.08. The molecule has 11 rings (SSSR count). The van der Waals surface area contributed by atoms with E-state index in [4.69, 9.17) is 9.97 Å². The molecule has 4 aromatic heterocycles. The van der Waals surface area contributed by atoms with Gasteiger partial charge in [-0.3, -0.25) is 9.13 Å². The number of anilines is 3. The minimum Gasteiger partial charge on any atom is -0.309 e. The van der Waals surface area contributed by atoms with Crippen molar-refractivity contribution >= 4 is 60.7 Å². The van der Waals surface area contributed by atoms with Crippen molar-refractivity contribution in [2.45, 2.75) is 6.92 Å². The Labute approximate surface area is 336 Å². The van der Waals surface area contributed by atoms with E-state index in [0.29, 0.717) is 0 Å². The summed E-state index contributed by atoms with van der Waals surface area (Å²) in [5.74, 6) is 1.75. The van der Waals surface area contributed by atoms with Crippen LogP contribution in [0.2, 0.25) is 0 Å². The number of hydrogen-bond acceptors (Lipinski definition) is 3. The number of fused-ring (bicyclic) bond motifs is 6. The number of aryl methyl sites for hydroxylation is 1. The van der Waals surface area contributed by atoms with Crippen molar-refractivity contribution in [1.82, 2.24) is 19.1 Å². The van der Waals surface area contributed by atoms with Gasteiger partial charge in [-0.05, 0) is 79.7 Å². The van der Waals surface area contributed by atoms with E-state index in [-0.39, 0.29) is 0 Å². The minimum atomic E-state index is 0.877. The first-order chi connectivity index (χ1) is 28.7. The third-order valence-corrected chi connectivity index (χ3v) is 11.2. The lowest BCUT2D eigenvalue weighted by Crippen LogP contribution is -2.11. The molecule has 0 fully saturated rings. The van der Waals surface area contributed by atoms with Gasteiger partial charge >= 0.3 is 0 Å². The Bertz CT molecular complexity index is 3090. The first-order valence-electron chi connectivity index (χ1n) is 19.7. The Kier molecular flexibility index (Phi) is 7.97. The molecule has 11 aromatic rings. The van der Waals surface area contributed by atoms with E-state index in [1.807, 2.05) is 12.1 Å². The summed E-state index contributed by atoms with van der Waals surface area (Å²) in [5.41, 5.74) is 12.9. The Balaban J connectivity index is 1.18. The van der Waals surface area contributed by atoms with Gasteiger partial charge in [0.05, 0.1) is 44.8 Å².